The molecule has 80 valence electrons. The van der Waals surface area contributed by atoms with Crippen molar-refractivity contribution in [2.75, 3.05) is 0 Å². The standard InChI is InChI=1S/C12H15NO2/c1-9(2)12(14)15-8-10-6-4-5-7-11(10)13-3/h4-7,9H,3,8H2,1-2H3. The van der Waals surface area contributed by atoms with Crippen LogP contribution in [0.2, 0.25) is 0 Å². The minimum Gasteiger partial charge on any atom is -0.461 e. The van der Waals surface area contributed by atoms with Gasteiger partial charge in [-0.2, -0.15) is 0 Å². The van der Waals surface area contributed by atoms with Gasteiger partial charge in [0, 0.05) is 5.56 Å². The molecule has 3 nitrogen and oxygen atoms in total. The quantitative estimate of drug-likeness (QED) is 0.560. The third-order valence-corrected chi connectivity index (χ3v) is 2.00. The van der Waals surface area contributed by atoms with Crippen molar-refractivity contribution in [3.05, 3.63) is 29.8 Å². The van der Waals surface area contributed by atoms with Crippen LogP contribution in [0.1, 0.15) is 19.4 Å². The molecule has 0 radical (unpaired) electrons. The first kappa shape index (κ1) is 11.4. The lowest BCUT2D eigenvalue weighted by molar-refractivity contribution is -0.148. The summed E-state index contributed by atoms with van der Waals surface area (Å²) in [4.78, 5) is 15.1. The van der Waals surface area contributed by atoms with Crippen LogP contribution in [0.25, 0.3) is 0 Å². The molecule has 0 atom stereocenters. The fourth-order valence-corrected chi connectivity index (χ4v) is 1.10. The molecule has 0 amide bonds. The molecule has 0 saturated heterocycles. The van der Waals surface area contributed by atoms with E-state index < -0.39 is 0 Å². The molecule has 1 aromatic carbocycles. The van der Waals surface area contributed by atoms with E-state index in [9.17, 15) is 4.79 Å². The molecule has 1 rings (SSSR count). The van der Waals surface area contributed by atoms with E-state index in [4.69, 9.17) is 4.74 Å². The van der Waals surface area contributed by atoms with Crippen LogP contribution in [0.5, 0.6) is 0 Å². The molecule has 0 bridgehead atoms. The molecular weight excluding hydrogens is 190 g/mol. The third kappa shape index (κ3) is 3.20. The summed E-state index contributed by atoms with van der Waals surface area (Å²) >= 11 is 0. The van der Waals surface area contributed by atoms with E-state index >= 15 is 0 Å². The second kappa shape index (κ2) is 5.29. The number of aliphatic imine (C=N–C) groups is 1. The summed E-state index contributed by atoms with van der Waals surface area (Å²) in [5.74, 6) is -0.303. The van der Waals surface area contributed by atoms with Crippen molar-refractivity contribution in [2.24, 2.45) is 10.9 Å². The smallest absolute Gasteiger partial charge is 0.308 e. The van der Waals surface area contributed by atoms with Crippen LogP contribution in [-0.2, 0) is 16.1 Å². The van der Waals surface area contributed by atoms with E-state index in [1.54, 1.807) is 13.8 Å². The van der Waals surface area contributed by atoms with Crippen molar-refractivity contribution in [3.8, 4) is 0 Å². The Hall–Kier alpha value is -1.64. The van der Waals surface area contributed by atoms with Gasteiger partial charge >= 0.3 is 5.97 Å². The number of carbonyl (C=O) groups is 1. The summed E-state index contributed by atoms with van der Waals surface area (Å²) in [7, 11) is 0. The van der Waals surface area contributed by atoms with Crippen molar-refractivity contribution < 1.29 is 9.53 Å². The lowest BCUT2D eigenvalue weighted by Crippen LogP contribution is -2.11. The molecule has 3 heteroatoms. The lowest BCUT2D eigenvalue weighted by atomic mass is 10.2. The maximum atomic E-state index is 11.2. The molecule has 0 aromatic heterocycles. The fourth-order valence-electron chi connectivity index (χ4n) is 1.10. The minimum atomic E-state index is -0.200. The molecule has 0 aliphatic heterocycles. The van der Waals surface area contributed by atoms with Crippen molar-refractivity contribution in [2.45, 2.75) is 20.5 Å². The molecule has 0 saturated carbocycles. The highest BCUT2D eigenvalue weighted by molar-refractivity contribution is 5.71. The second-order valence-electron chi connectivity index (χ2n) is 3.55. The Morgan fingerprint density at radius 3 is 2.73 bits per heavy atom. The Morgan fingerprint density at radius 2 is 2.13 bits per heavy atom. The second-order valence-corrected chi connectivity index (χ2v) is 3.55. The van der Waals surface area contributed by atoms with Gasteiger partial charge in [0.1, 0.15) is 6.61 Å². The summed E-state index contributed by atoms with van der Waals surface area (Å²) in [5, 5.41) is 0. The van der Waals surface area contributed by atoms with Gasteiger partial charge in [0.2, 0.25) is 0 Å². The van der Waals surface area contributed by atoms with Crippen LogP contribution in [0.15, 0.2) is 29.3 Å². The number of esters is 1. The number of hydrogen-bond acceptors (Lipinski definition) is 3. The first-order chi connectivity index (χ1) is 7.15. The molecule has 0 heterocycles. The zero-order valence-corrected chi connectivity index (χ0v) is 9.06. The number of nitrogens with zero attached hydrogens (tertiary/aromatic N) is 1. The highest BCUT2D eigenvalue weighted by atomic mass is 16.5. The molecule has 0 fully saturated rings. The lowest BCUT2D eigenvalue weighted by Gasteiger charge is -2.08. The van der Waals surface area contributed by atoms with Crippen molar-refractivity contribution in [3.63, 3.8) is 0 Å². The summed E-state index contributed by atoms with van der Waals surface area (Å²) in [5.41, 5.74) is 1.63. The Labute approximate surface area is 89.8 Å². The SMILES string of the molecule is C=Nc1ccccc1COC(=O)C(C)C. The molecule has 0 aliphatic carbocycles. The van der Waals surface area contributed by atoms with Gasteiger partial charge in [0.05, 0.1) is 11.6 Å². The number of benzene rings is 1. The normalized spacial score (nSPS) is 10.1. The van der Waals surface area contributed by atoms with Gasteiger partial charge in [-0.05, 0) is 12.8 Å². The first-order valence-electron chi connectivity index (χ1n) is 4.86. The summed E-state index contributed by atoms with van der Waals surface area (Å²) in [6.45, 7) is 7.33. The van der Waals surface area contributed by atoms with Crippen LogP contribution in [0.4, 0.5) is 5.69 Å². The number of para-hydroxylation sites is 1. The number of carbonyl (C=O) groups excluding carboxylic acids is 1. The van der Waals surface area contributed by atoms with E-state index in [0.717, 1.165) is 11.3 Å². The fraction of sp³-hybridized carbons (Fsp3) is 0.333. The van der Waals surface area contributed by atoms with Gasteiger partial charge in [0.25, 0.3) is 0 Å². The van der Waals surface area contributed by atoms with Crippen molar-refractivity contribution in [1.29, 1.82) is 0 Å². The van der Waals surface area contributed by atoms with Crippen LogP contribution < -0.4 is 0 Å². The Morgan fingerprint density at radius 1 is 1.47 bits per heavy atom. The molecule has 0 aliphatic rings. The summed E-state index contributed by atoms with van der Waals surface area (Å²) < 4.78 is 5.11. The predicted molar refractivity (Wildman–Crippen MR) is 60.3 cm³/mol. The highest BCUT2D eigenvalue weighted by Crippen LogP contribution is 2.18. The van der Waals surface area contributed by atoms with E-state index in [0.29, 0.717) is 0 Å². The molecule has 1 aromatic rings. The van der Waals surface area contributed by atoms with Gasteiger partial charge in [0.15, 0.2) is 0 Å². The van der Waals surface area contributed by atoms with Crippen LogP contribution in [0.3, 0.4) is 0 Å². The maximum absolute atomic E-state index is 11.2. The minimum absolute atomic E-state index is 0.103. The van der Waals surface area contributed by atoms with Crippen molar-refractivity contribution in [1.82, 2.24) is 0 Å². The van der Waals surface area contributed by atoms with Gasteiger partial charge in [-0.25, -0.2) is 0 Å². The van der Waals surface area contributed by atoms with Gasteiger partial charge < -0.3 is 4.74 Å². The largest absolute Gasteiger partial charge is 0.461 e. The number of ether oxygens (including phenoxy) is 1. The first-order valence-corrected chi connectivity index (χ1v) is 4.86. The van der Waals surface area contributed by atoms with E-state index in [1.165, 1.54) is 0 Å². The molecule has 0 N–H and O–H groups in total. The van der Waals surface area contributed by atoms with Gasteiger partial charge in [-0.3, -0.25) is 9.79 Å². The van der Waals surface area contributed by atoms with E-state index in [2.05, 4.69) is 11.7 Å². The van der Waals surface area contributed by atoms with Crippen LogP contribution in [0, 0.1) is 5.92 Å². The van der Waals surface area contributed by atoms with Crippen LogP contribution in [-0.4, -0.2) is 12.7 Å². The summed E-state index contributed by atoms with van der Waals surface area (Å²) in [6.07, 6.45) is 0. The van der Waals surface area contributed by atoms with E-state index in [1.807, 2.05) is 24.3 Å². The average molecular weight is 205 g/mol. The molecule has 15 heavy (non-hydrogen) atoms. The van der Waals surface area contributed by atoms with Crippen LogP contribution >= 0.6 is 0 Å². The highest BCUT2D eigenvalue weighted by Gasteiger charge is 2.09. The van der Waals surface area contributed by atoms with E-state index in [-0.39, 0.29) is 18.5 Å². The Bertz CT molecular complexity index is 358. The Balaban J connectivity index is 2.65. The molecule has 0 spiro atoms. The predicted octanol–water partition coefficient (Wildman–Crippen LogP) is 2.72. The Kier molecular flexibility index (Phi) is 4.03. The average Bonchev–Trinajstić information content (AvgIpc) is 2.26. The zero-order valence-electron chi connectivity index (χ0n) is 9.06. The topological polar surface area (TPSA) is 38.7 Å². The number of rotatable bonds is 4. The van der Waals surface area contributed by atoms with Crippen molar-refractivity contribution >= 4 is 18.4 Å². The zero-order chi connectivity index (χ0) is 11.3. The van der Waals surface area contributed by atoms with Gasteiger partial charge in [-0.1, -0.05) is 32.0 Å². The monoisotopic (exact) mass is 205 g/mol. The summed E-state index contributed by atoms with van der Waals surface area (Å²) in [6, 6.07) is 7.47. The maximum Gasteiger partial charge on any atom is 0.308 e. The third-order valence-electron chi connectivity index (χ3n) is 2.00. The van der Waals surface area contributed by atoms with Gasteiger partial charge in [-0.15, -0.1) is 0 Å². The molecular formula is C12H15NO2. The molecule has 0 unspecified atom stereocenters. The number of hydrogen-bond donors (Lipinski definition) is 0.